The summed E-state index contributed by atoms with van der Waals surface area (Å²) in [5.41, 5.74) is 6.43. The molecule has 0 bridgehead atoms. The normalized spacial score (nSPS) is 15.2. The summed E-state index contributed by atoms with van der Waals surface area (Å²) in [5, 5.41) is 6.61. The first kappa shape index (κ1) is 23.6. The molecule has 0 saturated carbocycles. The maximum Gasteiger partial charge on any atom is 0.253 e. The number of nitrogens with zero attached hydrogens (tertiary/aromatic N) is 2. The van der Waals surface area contributed by atoms with E-state index < -0.39 is 0 Å². The largest absolute Gasteiger partial charge is 0.377 e. The molecule has 0 aromatic heterocycles. The van der Waals surface area contributed by atoms with Gasteiger partial charge in [-0.2, -0.15) is 0 Å². The van der Waals surface area contributed by atoms with Crippen LogP contribution in [0.5, 0.6) is 0 Å². The van der Waals surface area contributed by atoms with E-state index in [2.05, 4.69) is 42.4 Å². The fourth-order valence-corrected chi connectivity index (χ4v) is 4.68. The van der Waals surface area contributed by atoms with Crippen molar-refractivity contribution in [3.8, 4) is 0 Å². The number of piperidine rings is 1. The van der Waals surface area contributed by atoms with E-state index in [9.17, 15) is 9.59 Å². The minimum Gasteiger partial charge on any atom is -0.377 e. The Balaban J connectivity index is 1.57. The number of nitrogens with one attached hydrogen (secondary N) is 2. The first-order valence-corrected chi connectivity index (χ1v) is 11.4. The van der Waals surface area contributed by atoms with E-state index in [0.717, 1.165) is 29.7 Å². The van der Waals surface area contributed by atoms with Gasteiger partial charge in [-0.1, -0.05) is 24.3 Å². The molecule has 32 heavy (non-hydrogen) atoms. The molecule has 1 atom stereocenters. The minimum absolute atomic E-state index is 0.0105. The third-order valence-corrected chi connectivity index (χ3v) is 6.28. The summed E-state index contributed by atoms with van der Waals surface area (Å²) >= 11 is 0. The molecule has 2 aromatic rings. The van der Waals surface area contributed by atoms with E-state index in [1.165, 1.54) is 11.3 Å². The number of likely N-dealkylation sites (tertiary alicyclic amines) is 1. The third kappa shape index (κ3) is 5.23. The number of rotatable bonds is 6. The summed E-state index contributed by atoms with van der Waals surface area (Å²) in [5.74, 6) is 0.0519. The number of hydrogen-bond acceptors (Lipinski definition) is 4. The Labute approximate surface area is 192 Å². The molecule has 6 nitrogen and oxygen atoms in total. The van der Waals surface area contributed by atoms with Crippen molar-refractivity contribution in [1.29, 1.82) is 0 Å². The van der Waals surface area contributed by atoms with Gasteiger partial charge in [0.05, 0.1) is 0 Å². The number of anilines is 2. The predicted molar refractivity (Wildman–Crippen MR) is 132 cm³/mol. The van der Waals surface area contributed by atoms with Gasteiger partial charge in [0.25, 0.3) is 5.91 Å². The molecule has 0 radical (unpaired) electrons. The number of carbonyl (C=O) groups is 2. The fourth-order valence-electron chi connectivity index (χ4n) is 4.68. The standard InChI is InChI=1S/C26H36N4O2/c1-17-16-18(2)24(29(5)6)19(3)23(17)27-20(4)25(31)28-22-12-14-30(15-13-22)26(32)21-10-8-7-9-11-21/h7-11,16,20,22,27H,12-15H2,1-6H3,(H,28,31). The van der Waals surface area contributed by atoms with Crippen LogP contribution in [0.15, 0.2) is 36.4 Å². The highest BCUT2D eigenvalue weighted by Crippen LogP contribution is 2.33. The van der Waals surface area contributed by atoms with Crippen LogP contribution in [0.4, 0.5) is 11.4 Å². The predicted octanol–water partition coefficient (Wildman–Crippen LogP) is 3.90. The lowest BCUT2D eigenvalue weighted by Gasteiger charge is -2.33. The quantitative estimate of drug-likeness (QED) is 0.721. The van der Waals surface area contributed by atoms with Crippen molar-refractivity contribution >= 4 is 23.2 Å². The first-order chi connectivity index (χ1) is 15.2. The second-order valence-electron chi connectivity index (χ2n) is 9.06. The van der Waals surface area contributed by atoms with Crippen LogP contribution >= 0.6 is 0 Å². The van der Waals surface area contributed by atoms with Crippen LogP contribution in [0.25, 0.3) is 0 Å². The minimum atomic E-state index is -0.353. The van der Waals surface area contributed by atoms with Crippen molar-refractivity contribution in [1.82, 2.24) is 10.2 Å². The van der Waals surface area contributed by atoms with E-state index >= 15 is 0 Å². The van der Waals surface area contributed by atoms with E-state index in [1.54, 1.807) is 0 Å². The molecule has 172 valence electrons. The highest BCUT2D eigenvalue weighted by molar-refractivity contribution is 5.94. The Hall–Kier alpha value is -3.02. The van der Waals surface area contributed by atoms with Crippen LogP contribution in [0.2, 0.25) is 0 Å². The van der Waals surface area contributed by atoms with Gasteiger partial charge in [-0.15, -0.1) is 0 Å². The zero-order valence-electron chi connectivity index (χ0n) is 20.2. The second-order valence-corrected chi connectivity index (χ2v) is 9.06. The Morgan fingerprint density at radius 3 is 2.25 bits per heavy atom. The summed E-state index contributed by atoms with van der Waals surface area (Å²) in [4.78, 5) is 29.5. The van der Waals surface area contributed by atoms with Gasteiger partial charge in [0.1, 0.15) is 6.04 Å². The van der Waals surface area contributed by atoms with Crippen molar-refractivity contribution in [2.45, 2.75) is 52.6 Å². The molecule has 3 rings (SSSR count). The van der Waals surface area contributed by atoms with Crippen LogP contribution in [0.1, 0.15) is 46.8 Å². The Bertz CT molecular complexity index is 964. The second kappa shape index (κ2) is 10.1. The SMILES string of the molecule is Cc1cc(C)c(N(C)C)c(C)c1NC(C)C(=O)NC1CCN(C(=O)c2ccccc2)CC1. The molecule has 1 aliphatic heterocycles. The molecule has 2 N–H and O–H groups in total. The molecule has 0 aliphatic carbocycles. The van der Waals surface area contributed by atoms with Crippen molar-refractivity contribution in [2.75, 3.05) is 37.4 Å². The van der Waals surface area contributed by atoms with Crippen molar-refractivity contribution in [3.05, 3.63) is 58.7 Å². The number of aryl methyl sites for hydroxylation is 2. The summed E-state index contributed by atoms with van der Waals surface area (Å²) in [6.45, 7) is 9.50. The molecule has 2 amide bonds. The van der Waals surface area contributed by atoms with Crippen molar-refractivity contribution in [2.24, 2.45) is 0 Å². The molecule has 6 heteroatoms. The number of amides is 2. The maximum absolute atomic E-state index is 12.9. The summed E-state index contributed by atoms with van der Waals surface area (Å²) in [6.07, 6.45) is 1.54. The summed E-state index contributed by atoms with van der Waals surface area (Å²) in [7, 11) is 4.08. The Morgan fingerprint density at radius 1 is 1.03 bits per heavy atom. The van der Waals surface area contributed by atoms with Gasteiger partial charge in [-0.25, -0.2) is 0 Å². The maximum atomic E-state index is 12.9. The van der Waals surface area contributed by atoms with Gasteiger partial charge in [0.2, 0.25) is 5.91 Å². The lowest BCUT2D eigenvalue weighted by atomic mass is 10.0. The van der Waals surface area contributed by atoms with Crippen LogP contribution in [0, 0.1) is 20.8 Å². The molecular formula is C26H36N4O2. The van der Waals surface area contributed by atoms with Crippen LogP contribution in [0.3, 0.4) is 0 Å². The van der Waals surface area contributed by atoms with Gasteiger partial charge in [0.15, 0.2) is 0 Å². The summed E-state index contributed by atoms with van der Waals surface area (Å²) < 4.78 is 0. The highest BCUT2D eigenvalue weighted by Gasteiger charge is 2.26. The van der Waals surface area contributed by atoms with Crippen LogP contribution < -0.4 is 15.5 Å². The molecule has 1 saturated heterocycles. The monoisotopic (exact) mass is 436 g/mol. The van der Waals surface area contributed by atoms with Gasteiger partial charge >= 0.3 is 0 Å². The smallest absolute Gasteiger partial charge is 0.253 e. The Kier molecular flexibility index (Phi) is 7.44. The van der Waals surface area contributed by atoms with Crippen LogP contribution in [-0.2, 0) is 4.79 Å². The average molecular weight is 437 g/mol. The zero-order valence-corrected chi connectivity index (χ0v) is 20.2. The molecule has 1 unspecified atom stereocenters. The number of carbonyl (C=O) groups excluding carboxylic acids is 2. The number of benzene rings is 2. The van der Waals surface area contributed by atoms with Crippen molar-refractivity contribution in [3.63, 3.8) is 0 Å². The molecular weight excluding hydrogens is 400 g/mol. The van der Waals surface area contributed by atoms with E-state index in [-0.39, 0.29) is 23.9 Å². The van der Waals surface area contributed by atoms with Crippen LogP contribution in [-0.4, -0.2) is 56.0 Å². The van der Waals surface area contributed by atoms with E-state index in [1.807, 2.05) is 56.3 Å². The third-order valence-electron chi connectivity index (χ3n) is 6.28. The van der Waals surface area contributed by atoms with E-state index in [0.29, 0.717) is 18.7 Å². The molecule has 1 heterocycles. The lowest BCUT2D eigenvalue weighted by molar-refractivity contribution is -0.122. The number of hydrogen-bond donors (Lipinski definition) is 2. The Morgan fingerprint density at radius 2 is 1.66 bits per heavy atom. The van der Waals surface area contributed by atoms with Gasteiger partial charge in [0, 0.05) is 50.2 Å². The van der Waals surface area contributed by atoms with Crippen molar-refractivity contribution < 1.29 is 9.59 Å². The topological polar surface area (TPSA) is 64.7 Å². The fraction of sp³-hybridized carbons (Fsp3) is 0.462. The van der Waals surface area contributed by atoms with Gasteiger partial charge in [-0.3, -0.25) is 9.59 Å². The molecule has 1 fully saturated rings. The van der Waals surface area contributed by atoms with Gasteiger partial charge < -0.3 is 20.4 Å². The van der Waals surface area contributed by atoms with Gasteiger partial charge in [-0.05, 0) is 69.4 Å². The first-order valence-electron chi connectivity index (χ1n) is 11.4. The molecule has 0 spiro atoms. The zero-order chi connectivity index (χ0) is 23.4. The molecule has 2 aromatic carbocycles. The molecule has 1 aliphatic rings. The summed E-state index contributed by atoms with van der Waals surface area (Å²) in [6, 6.07) is 11.3. The highest BCUT2D eigenvalue weighted by atomic mass is 16.2. The lowest BCUT2D eigenvalue weighted by Crippen LogP contribution is -2.49. The average Bonchev–Trinajstić information content (AvgIpc) is 2.76. The van der Waals surface area contributed by atoms with E-state index in [4.69, 9.17) is 0 Å².